The lowest BCUT2D eigenvalue weighted by molar-refractivity contribution is -0.137. The normalized spacial score (nSPS) is 11.3. The van der Waals surface area contributed by atoms with E-state index in [9.17, 15) is 13.2 Å². The Hall–Kier alpha value is -3.03. The van der Waals surface area contributed by atoms with Gasteiger partial charge in [-0.25, -0.2) is 4.98 Å². The molecule has 24 heavy (non-hydrogen) atoms. The molecule has 124 valence electrons. The van der Waals surface area contributed by atoms with Gasteiger partial charge in [0.05, 0.1) is 18.4 Å². The number of rotatable bonds is 5. The number of hydrogen-bond donors (Lipinski definition) is 2. The topological polar surface area (TPSA) is 63.0 Å². The molecule has 3 aromatic rings. The number of nitrogens with one attached hydrogen (secondary N) is 2. The third-order valence-electron chi connectivity index (χ3n) is 3.13. The number of alkyl halides is 3. The summed E-state index contributed by atoms with van der Waals surface area (Å²) >= 11 is 0. The van der Waals surface area contributed by atoms with Crippen LogP contribution in [0.15, 0.2) is 59.3 Å². The van der Waals surface area contributed by atoms with Gasteiger partial charge in [-0.2, -0.15) is 18.2 Å². The van der Waals surface area contributed by atoms with Crippen molar-refractivity contribution >= 4 is 17.5 Å². The van der Waals surface area contributed by atoms with Crippen LogP contribution in [0.2, 0.25) is 0 Å². The predicted octanol–water partition coefficient (Wildman–Crippen LogP) is 4.44. The van der Waals surface area contributed by atoms with Crippen molar-refractivity contribution in [1.82, 2.24) is 9.97 Å². The van der Waals surface area contributed by atoms with Crippen LogP contribution in [0.5, 0.6) is 0 Å². The fourth-order valence-corrected chi connectivity index (χ4v) is 2.01. The van der Waals surface area contributed by atoms with Crippen molar-refractivity contribution in [2.24, 2.45) is 0 Å². The Kier molecular flexibility index (Phi) is 4.37. The highest BCUT2D eigenvalue weighted by Gasteiger charge is 2.30. The number of halogens is 3. The van der Waals surface area contributed by atoms with Crippen molar-refractivity contribution in [3.05, 3.63) is 66.2 Å². The summed E-state index contributed by atoms with van der Waals surface area (Å²) in [6, 6.07) is 10.1. The van der Waals surface area contributed by atoms with Crippen LogP contribution >= 0.6 is 0 Å². The second-order valence-corrected chi connectivity index (χ2v) is 4.90. The molecular formula is C16H13F3N4O. The SMILES string of the molecule is FC(F)(F)c1cccc(Nc2nccc(NCc3ccco3)n2)c1. The van der Waals surface area contributed by atoms with Gasteiger partial charge in [0, 0.05) is 11.9 Å². The Balaban J connectivity index is 1.70. The Morgan fingerprint density at radius 2 is 1.96 bits per heavy atom. The fourth-order valence-electron chi connectivity index (χ4n) is 2.01. The minimum atomic E-state index is -4.40. The molecule has 0 radical (unpaired) electrons. The first-order valence-corrected chi connectivity index (χ1v) is 7.04. The average Bonchev–Trinajstić information content (AvgIpc) is 3.06. The number of anilines is 3. The van der Waals surface area contributed by atoms with Crippen molar-refractivity contribution in [1.29, 1.82) is 0 Å². The lowest BCUT2D eigenvalue weighted by Gasteiger charge is -2.10. The van der Waals surface area contributed by atoms with Crippen molar-refractivity contribution < 1.29 is 17.6 Å². The third kappa shape index (κ3) is 4.03. The number of aromatic nitrogens is 2. The molecule has 0 fully saturated rings. The van der Waals surface area contributed by atoms with E-state index < -0.39 is 11.7 Å². The van der Waals surface area contributed by atoms with Gasteiger partial charge in [-0.3, -0.25) is 0 Å². The molecule has 0 amide bonds. The first-order valence-electron chi connectivity index (χ1n) is 7.04. The lowest BCUT2D eigenvalue weighted by Crippen LogP contribution is -2.06. The molecule has 0 saturated carbocycles. The molecule has 0 atom stereocenters. The van der Waals surface area contributed by atoms with Crippen molar-refractivity contribution in [3.8, 4) is 0 Å². The Morgan fingerprint density at radius 1 is 1.08 bits per heavy atom. The molecular weight excluding hydrogens is 321 g/mol. The van der Waals surface area contributed by atoms with Crippen LogP contribution in [0.3, 0.4) is 0 Å². The molecule has 5 nitrogen and oxygen atoms in total. The Morgan fingerprint density at radius 3 is 2.71 bits per heavy atom. The van der Waals surface area contributed by atoms with Crippen LogP contribution in [-0.2, 0) is 12.7 Å². The summed E-state index contributed by atoms with van der Waals surface area (Å²) in [5.41, 5.74) is -0.479. The number of nitrogens with zero attached hydrogens (tertiary/aromatic N) is 2. The zero-order valence-corrected chi connectivity index (χ0v) is 12.3. The highest BCUT2D eigenvalue weighted by molar-refractivity contribution is 5.56. The quantitative estimate of drug-likeness (QED) is 0.722. The van der Waals surface area contributed by atoms with Crippen LogP contribution in [0.25, 0.3) is 0 Å². The zero-order chi connectivity index (χ0) is 17.0. The molecule has 2 N–H and O–H groups in total. The van der Waals surface area contributed by atoms with E-state index in [0.29, 0.717) is 12.4 Å². The third-order valence-corrected chi connectivity index (χ3v) is 3.13. The smallest absolute Gasteiger partial charge is 0.416 e. The van der Waals surface area contributed by atoms with Crippen LogP contribution < -0.4 is 10.6 Å². The van der Waals surface area contributed by atoms with E-state index >= 15 is 0 Å². The number of furan rings is 1. The molecule has 0 bridgehead atoms. The van der Waals surface area contributed by atoms with Crippen LogP contribution in [0.4, 0.5) is 30.6 Å². The first-order chi connectivity index (χ1) is 11.5. The van der Waals surface area contributed by atoms with Gasteiger partial charge in [-0.15, -0.1) is 0 Å². The van der Waals surface area contributed by atoms with E-state index in [-0.39, 0.29) is 11.6 Å². The standard InChI is InChI=1S/C16H13F3N4O/c17-16(18,19)11-3-1-4-12(9-11)22-15-20-7-6-14(23-15)21-10-13-5-2-8-24-13/h1-9H,10H2,(H2,20,21,22,23). The van der Waals surface area contributed by atoms with E-state index in [1.54, 1.807) is 18.4 Å². The molecule has 2 aromatic heterocycles. The van der Waals surface area contributed by atoms with Crippen molar-refractivity contribution in [2.75, 3.05) is 10.6 Å². The summed E-state index contributed by atoms with van der Waals surface area (Å²) in [5, 5.41) is 5.81. The molecule has 0 spiro atoms. The summed E-state index contributed by atoms with van der Waals surface area (Å²) < 4.78 is 43.4. The zero-order valence-electron chi connectivity index (χ0n) is 12.3. The van der Waals surface area contributed by atoms with Gasteiger partial charge < -0.3 is 15.1 Å². The Labute approximate surface area is 135 Å². The molecule has 2 heterocycles. The lowest BCUT2D eigenvalue weighted by atomic mass is 10.2. The molecule has 0 saturated heterocycles. The summed E-state index contributed by atoms with van der Waals surface area (Å²) in [7, 11) is 0. The van der Waals surface area contributed by atoms with Crippen LogP contribution in [-0.4, -0.2) is 9.97 Å². The second kappa shape index (κ2) is 6.61. The number of hydrogen-bond acceptors (Lipinski definition) is 5. The maximum Gasteiger partial charge on any atom is 0.416 e. The van der Waals surface area contributed by atoms with Gasteiger partial charge in [0.15, 0.2) is 0 Å². The summed E-state index contributed by atoms with van der Waals surface area (Å²) in [6.45, 7) is 0.438. The summed E-state index contributed by atoms with van der Waals surface area (Å²) in [5.74, 6) is 1.45. The molecule has 1 aromatic carbocycles. The van der Waals surface area contributed by atoms with Gasteiger partial charge in [0.2, 0.25) is 5.95 Å². The van der Waals surface area contributed by atoms with Gasteiger partial charge in [-0.1, -0.05) is 6.07 Å². The molecule has 0 aliphatic rings. The van der Waals surface area contributed by atoms with Gasteiger partial charge >= 0.3 is 6.18 Å². The molecule has 8 heteroatoms. The van der Waals surface area contributed by atoms with Gasteiger partial charge in [-0.05, 0) is 36.4 Å². The highest BCUT2D eigenvalue weighted by Crippen LogP contribution is 2.31. The van der Waals surface area contributed by atoms with Gasteiger partial charge in [0.25, 0.3) is 0 Å². The molecule has 3 rings (SSSR count). The van der Waals surface area contributed by atoms with E-state index in [1.807, 2.05) is 6.07 Å². The summed E-state index contributed by atoms with van der Waals surface area (Å²) in [4.78, 5) is 8.21. The molecule has 0 aliphatic carbocycles. The van der Waals surface area contributed by atoms with Crippen LogP contribution in [0.1, 0.15) is 11.3 Å². The van der Waals surface area contributed by atoms with E-state index in [0.717, 1.165) is 17.9 Å². The van der Waals surface area contributed by atoms with E-state index in [2.05, 4.69) is 20.6 Å². The second-order valence-electron chi connectivity index (χ2n) is 4.90. The molecule has 0 unspecified atom stereocenters. The van der Waals surface area contributed by atoms with E-state index in [4.69, 9.17) is 4.42 Å². The van der Waals surface area contributed by atoms with Crippen LogP contribution in [0, 0.1) is 0 Å². The maximum absolute atomic E-state index is 12.7. The maximum atomic E-state index is 12.7. The molecule has 0 aliphatic heterocycles. The Bertz CT molecular complexity index is 803. The van der Waals surface area contributed by atoms with Crippen molar-refractivity contribution in [3.63, 3.8) is 0 Å². The minimum absolute atomic E-state index is 0.193. The monoisotopic (exact) mass is 334 g/mol. The summed E-state index contributed by atoms with van der Waals surface area (Å²) in [6.07, 6.45) is -1.32. The van der Waals surface area contributed by atoms with Gasteiger partial charge in [0.1, 0.15) is 11.6 Å². The van der Waals surface area contributed by atoms with E-state index in [1.165, 1.54) is 18.3 Å². The fraction of sp³-hybridized carbons (Fsp3) is 0.125. The van der Waals surface area contributed by atoms with Crippen molar-refractivity contribution in [2.45, 2.75) is 12.7 Å². The highest BCUT2D eigenvalue weighted by atomic mass is 19.4. The number of benzene rings is 1. The predicted molar refractivity (Wildman–Crippen MR) is 82.8 cm³/mol. The average molecular weight is 334 g/mol. The first kappa shape index (κ1) is 15.9. The largest absolute Gasteiger partial charge is 0.467 e. The minimum Gasteiger partial charge on any atom is -0.467 e.